The van der Waals surface area contributed by atoms with E-state index in [9.17, 15) is 9.59 Å². The number of carbonyl (C=O) groups is 2. The Labute approximate surface area is 122 Å². The number of hydrogen-bond donors (Lipinski definition) is 1. The first-order chi connectivity index (χ1) is 10.1. The van der Waals surface area contributed by atoms with Gasteiger partial charge in [0.1, 0.15) is 0 Å². The van der Waals surface area contributed by atoms with Gasteiger partial charge in [-0.2, -0.15) is 0 Å². The van der Waals surface area contributed by atoms with E-state index in [2.05, 4.69) is 11.4 Å². The van der Waals surface area contributed by atoms with Gasteiger partial charge in [-0.1, -0.05) is 6.08 Å². The molecule has 1 heterocycles. The summed E-state index contributed by atoms with van der Waals surface area (Å²) >= 11 is 0. The van der Waals surface area contributed by atoms with Gasteiger partial charge in [0.25, 0.3) is 0 Å². The summed E-state index contributed by atoms with van der Waals surface area (Å²) in [6.45, 7) is 0. The molecule has 21 heavy (non-hydrogen) atoms. The second kappa shape index (κ2) is 5.24. The Kier molecular flexibility index (Phi) is 3.41. The summed E-state index contributed by atoms with van der Waals surface area (Å²) in [6, 6.07) is 3.86. The van der Waals surface area contributed by atoms with E-state index < -0.39 is 0 Å². The summed E-state index contributed by atoms with van der Waals surface area (Å²) in [4.78, 5) is 23.3. The Morgan fingerprint density at radius 3 is 2.52 bits per heavy atom. The standard InChI is InChI=1S/C16H17NO4/c1-20-13-7-9-3-4-10(12(9)8-14(13)21-2)11-5-6-15(18)17-16(11)19/h4,7-8,11H,3,5-6H2,1-2H3,(H,17,18,19). The maximum Gasteiger partial charge on any atom is 0.234 e. The van der Waals surface area contributed by atoms with Gasteiger partial charge in [-0.15, -0.1) is 0 Å². The largest absolute Gasteiger partial charge is 0.493 e. The van der Waals surface area contributed by atoms with Crippen molar-refractivity contribution in [3.8, 4) is 11.5 Å². The highest BCUT2D eigenvalue weighted by Crippen LogP contribution is 2.41. The Morgan fingerprint density at radius 1 is 1.14 bits per heavy atom. The summed E-state index contributed by atoms with van der Waals surface area (Å²) in [5.74, 6) is 0.676. The number of ether oxygens (including phenoxy) is 2. The van der Waals surface area contributed by atoms with Gasteiger partial charge >= 0.3 is 0 Å². The maximum atomic E-state index is 12.1. The molecule has 5 heteroatoms. The number of fused-ring (bicyclic) bond motifs is 1. The van der Waals surface area contributed by atoms with Crippen LogP contribution in [0.2, 0.25) is 0 Å². The zero-order chi connectivity index (χ0) is 15.0. The van der Waals surface area contributed by atoms with Crippen LogP contribution >= 0.6 is 0 Å². The molecule has 0 radical (unpaired) electrons. The number of carbonyl (C=O) groups excluding carboxylic acids is 2. The Morgan fingerprint density at radius 2 is 1.86 bits per heavy atom. The number of allylic oxidation sites excluding steroid dienone is 1. The van der Waals surface area contributed by atoms with Gasteiger partial charge in [-0.3, -0.25) is 14.9 Å². The van der Waals surface area contributed by atoms with Crippen molar-refractivity contribution in [2.45, 2.75) is 19.3 Å². The molecule has 110 valence electrons. The Bertz CT molecular complexity index is 648. The van der Waals surface area contributed by atoms with Gasteiger partial charge in [0.2, 0.25) is 11.8 Å². The normalized spacial score (nSPS) is 20.7. The number of benzene rings is 1. The van der Waals surface area contributed by atoms with E-state index in [0.29, 0.717) is 24.3 Å². The van der Waals surface area contributed by atoms with E-state index in [-0.39, 0.29) is 17.7 Å². The highest BCUT2D eigenvalue weighted by molar-refractivity contribution is 6.04. The lowest BCUT2D eigenvalue weighted by atomic mass is 9.87. The van der Waals surface area contributed by atoms with E-state index in [1.54, 1.807) is 14.2 Å². The first-order valence-corrected chi connectivity index (χ1v) is 6.93. The molecule has 2 amide bonds. The van der Waals surface area contributed by atoms with Crippen molar-refractivity contribution in [3.63, 3.8) is 0 Å². The lowest BCUT2D eigenvalue weighted by Gasteiger charge is -2.23. The molecule has 1 atom stereocenters. The number of amides is 2. The van der Waals surface area contributed by atoms with E-state index >= 15 is 0 Å². The predicted octanol–water partition coefficient (Wildman–Crippen LogP) is 1.70. The molecule has 1 N–H and O–H groups in total. The van der Waals surface area contributed by atoms with Crippen LogP contribution < -0.4 is 14.8 Å². The monoisotopic (exact) mass is 287 g/mol. The third-order valence-corrected chi connectivity index (χ3v) is 4.08. The summed E-state index contributed by atoms with van der Waals surface area (Å²) in [5.41, 5.74) is 3.12. The van der Waals surface area contributed by atoms with Gasteiger partial charge < -0.3 is 9.47 Å². The van der Waals surface area contributed by atoms with Crippen molar-refractivity contribution >= 4 is 17.4 Å². The minimum atomic E-state index is -0.262. The quantitative estimate of drug-likeness (QED) is 0.859. The molecule has 3 rings (SSSR count). The van der Waals surface area contributed by atoms with Crippen LogP contribution in [0.3, 0.4) is 0 Å². The van der Waals surface area contributed by atoms with Crippen molar-refractivity contribution in [3.05, 3.63) is 29.3 Å². The average Bonchev–Trinajstić information content (AvgIpc) is 2.88. The van der Waals surface area contributed by atoms with Crippen LogP contribution in [0.5, 0.6) is 11.5 Å². The van der Waals surface area contributed by atoms with Crippen LogP contribution in [0.1, 0.15) is 24.0 Å². The Balaban J connectivity index is 1.96. The van der Waals surface area contributed by atoms with Gasteiger partial charge in [-0.25, -0.2) is 0 Å². The van der Waals surface area contributed by atoms with Crippen LogP contribution in [-0.2, 0) is 16.0 Å². The fourth-order valence-electron chi connectivity index (χ4n) is 3.01. The van der Waals surface area contributed by atoms with Gasteiger partial charge in [0.05, 0.1) is 20.1 Å². The molecule has 1 aromatic rings. The number of methoxy groups -OCH3 is 2. The topological polar surface area (TPSA) is 64.6 Å². The van der Waals surface area contributed by atoms with Gasteiger partial charge in [0.15, 0.2) is 11.5 Å². The first kappa shape index (κ1) is 13.7. The first-order valence-electron chi connectivity index (χ1n) is 6.93. The number of nitrogens with one attached hydrogen (secondary N) is 1. The summed E-state index contributed by atoms with van der Waals surface area (Å²) < 4.78 is 10.6. The number of rotatable bonds is 3. The molecule has 2 aliphatic rings. The average molecular weight is 287 g/mol. The van der Waals surface area contributed by atoms with E-state index in [1.807, 2.05) is 12.1 Å². The van der Waals surface area contributed by atoms with Crippen LogP contribution in [0.25, 0.3) is 5.57 Å². The highest BCUT2D eigenvalue weighted by atomic mass is 16.5. The molecule has 0 spiro atoms. The fraction of sp³-hybridized carbons (Fsp3) is 0.375. The second-order valence-corrected chi connectivity index (χ2v) is 5.23. The molecule has 1 aliphatic carbocycles. The summed E-state index contributed by atoms with van der Waals surface area (Å²) in [5, 5.41) is 2.41. The minimum Gasteiger partial charge on any atom is -0.493 e. The molecule has 1 aromatic carbocycles. The lowest BCUT2D eigenvalue weighted by Crippen LogP contribution is -2.41. The van der Waals surface area contributed by atoms with Gasteiger partial charge in [0, 0.05) is 6.42 Å². The summed E-state index contributed by atoms with van der Waals surface area (Å²) in [6.07, 6.45) is 3.77. The number of imide groups is 1. The van der Waals surface area contributed by atoms with Crippen LogP contribution in [-0.4, -0.2) is 26.0 Å². The molecule has 1 unspecified atom stereocenters. The van der Waals surface area contributed by atoms with Crippen molar-refractivity contribution in [1.82, 2.24) is 5.32 Å². The highest BCUT2D eigenvalue weighted by Gasteiger charge is 2.33. The molecule has 1 fully saturated rings. The van der Waals surface area contributed by atoms with Gasteiger partial charge in [-0.05, 0) is 41.7 Å². The molecule has 0 saturated carbocycles. The van der Waals surface area contributed by atoms with Crippen LogP contribution in [0.15, 0.2) is 18.2 Å². The molecule has 0 aromatic heterocycles. The predicted molar refractivity (Wildman–Crippen MR) is 77.1 cm³/mol. The van der Waals surface area contributed by atoms with E-state index in [4.69, 9.17) is 9.47 Å². The van der Waals surface area contributed by atoms with E-state index in [1.165, 1.54) is 0 Å². The molecule has 0 bridgehead atoms. The molecule has 5 nitrogen and oxygen atoms in total. The Hall–Kier alpha value is -2.30. The number of piperidine rings is 1. The fourth-order valence-corrected chi connectivity index (χ4v) is 3.01. The molecular weight excluding hydrogens is 270 g/mol. The van der Waals surface area contributed by atoms with Crippen LogP contribution in [0, 0.1) is 5.92 Å². The molecule has 1 saturated heterocycles. The van der Waals surface area contributed by atoms with E-state index in [0.717, 1.165) is 23.1 Å². The maximum absolute atomic E-state index is 12.1. The third-order valence-electron chi connectivity index (χ3n) is 4.08. The smallest absolute Gasteiger partial charge is 0.234 e. The van der Waals surface area contributed by atoms with Crippen molar-refractivity contribution < 1.29 is 19.1 Å². The van der Waals surface area contributed by atoms with Crippen molar-refractivity contribution in [2.75, 3.05) is 14.2 Å². The second-order valence-electron chi connectivity index (χ2n) is 5.23. The number of hydrogen-bond acceptors (Lipinski definition) is 4. The SMILES string of the molecule is COc1cc2c(cc1OC)C(C1CCC(=O)NC1=O)=CC2. The van der Waals surface area contributed by atoms with Crippen molar-refractivity contribution in [2.24, 2.45) is 5.92 Å². The lowest BCUT2D eigenvalue weighted by molar-refractivity contribution is -0.134. The van der Waals surface area contributed by atoms with Crippen LogP contribution in [0.4, 0.5) is 0 Å². The molecule has 1 aliphatic heterocycles. The molecular formula is C16H17NO4. The van der Waals surface area contributed by atoms with Crippen molar-refractivity contribution in [1.29, 1.82) is 0 Å². The summed E-state index contributed by atoms with van der Waals surface area (Å²) in [7, 11) is 3.20. The zero-order valence-electron chi connectivity index (χ0n) is 12.1. The third kappa shape index (κ3) is 2.28. The minimum absolute atomic E-state index is 0.192. The zero-order valence-corrected chi connectivity index (χ0v) is 12.1.